The summed E-state index contributed by atoms with van der Waals surface area (Å²) in [5, 5.41) is 0. The topological polar surface area (TPSA) is 71.4 Å². The molecule has 94 valence electrons. The number of fused-ring (bicyclic) bond motifs is 2. The predicted octanol–water partition coefficient (Wildman–Crippen LogP) is 1.91. The molecule has 2 rings (SSSR count). The summed E-state index contributed by atoms with van der Waals surface area (Å²) < 4.78 is 25.9. The summed E-state index contributed by atoms with van der Waals surface area (Å²) >= 11 is 0. The van der Waals surface area contributed by atoms with Crippen molar-refractivity contribution in [1.82, 2.24) is 0 Å². The second-order valence-corrected chi connectivity index (χ2v) is 7.12. The summed E-state index contributed by atoms with van der Waals surface area (Å²) in [5.41, 5.74) is 0.307. The molecule has 16 heavy (non-hydrogen) atoms. The van der Waals surface area contributed by atoms with Gasteiger partial charge in [-0.05, 0) is 24.2 Å². The average Bonchev–Trinajstić information content (AvgIpc) is 2.33. The lowest BCUT2D eigenvalue weighted by atomic mass is 9.70. The maximum absolute atomic E-state index is 11.6. The lowest BCUT2D eigenvalue weighted by Crippen LogP contribution is -2.32. The fourth-order valence-electron chi connectivity index (χ4n) is 2.90. The van der Waals surface area contributed by atoms with Crippen molar-refractivity contribution in [3.05, 3.63) is 0 Å². The van der Waals surface area contributed by atoms with Crippen molar-refractivity contribution >= 4 is 15.9 Å². The number of rotatable bonds is 0. The Morgan fingerprint density at radius 2 is 1.75 bits per heavy atom. The third kappa shape index (κ3) is 2.30. The van der Waals surface area contributed by atoms with Crippen molar-refractivity contribution in [2.45, 2.75) is 40.0 Å². The van der Waals surface area contributed by atoms with Gasteiger partial charge >= 0.3 is 0 Å². The van der Waals surface area contributed by atoms with E-state index in [1.54, 1.807) is 0 Å². The Morgan fingerprint density at radius 1 is 1.31 bits per heavy atom. The van der Waals surface area contributed by atoms with Crippen LogP contribution in [0.15, 0.2) is 0 Å². The molecule has 5 heteroatoms. The van der Waals surface area contributed by atoms with Crippen LogP contribution in [0.2, 0.25) is 0 Å². The second kappa shape index (κ2) is 3.81. The zero-order valence-corrected chi connectivity index (χ0v) is 11.1. The van der Waals surface area contributed by atoms with E-state index in [4.69, 9.17) is 4.55 Å². The van der Waals surface area contributed by atoms with Crippen LogP contribution in [-0.4, -0.2) is 25.0 Å². The van der Waals surface area contributed by atoms with E-state index < -0.39 is 10.1 Å². The van der Waals surface area contributed by atoms with E-state index in [2.05, 4.69) is 20.8 Å². The van der Waals surface area contributed by atoms with Crippen molar-refractivity contribution in [1.29, 1.82) is 0 Å². The van der Waals surface area contributed by atoms with Gasteiger partial charge in [0.25, 0.3) is 10.1 Å². The molecule has 2 fully saturated rings. The number of carbonyl (C=O) groups is 1. The van der Waals surface area contributed by atoms with Gasteiger partial charge in [0.05, 0.1) is 6.26 Å². The average molecular weight is 248 g/mol. The van der Waals surface area contributed by atoms with Gasteiger partial charge in [-0.2, -0.15) is 8.42 Å². The molecule has 0 aromatic rings. The molecule has 0 radical (unpaired) electrons. The maximum Gasteiger partial charge on any atom is 0.261 e. The maximum atomic E-state index is 11.6. The van der Waals surface area contributed by atoms with Gasteiger partial charge in [0.15, 0.2) is 0 Å². The highest BCUT2D eigenvalue weighted by atomic mass is 32.2. The number of Topliss-reactive ketones (excluding diaryl/α,β-unsaturated/α-hetero) is 1. The van der Waals surface area contributed by atoms with Crippen LogP contribution < -0.4 is 0 Å². The molecule has 2 aliphatic carbocycles. The van der Waals surface area contributed by atoms with Crippen LogP contribution in [0.4, 0.5) is 0 Å². The first kappa shape index (κ1) is 13.6. The molecular formula is C11H20O4S. The standard InChI is InChI=1S/C10H16O.CH4O3S/c1-9(2)7-4-5-10(9,3)8(11)6-7;1-5(2,3)4/h7H,4-6H2,1-3H3;1H3,(H,2,3,4). The Kier molecular flexibility index (Phi) is 3.25. The second-order valence-electron chi connectivity index (χ2n) is 5.65. The van der Waals surface area contributed by atoms with E-state index in [9.17, 15) is 13.2 Å². The quantitative estimate of drug-likeness (QED) is 0.665. The van der Waals surface area contributed by atoms with Gasteiger partial charge < -0.3 is 0 Å². The van der Waals surface area contributed by atoms with Gasteiger partial charge in [-0.15, -0.1) is 0 Å². The van der Waals surface area contributed by atoms with Gasteiger partial charge in [0.2, 0.25) is 0 Å². The molecule has 4 nitrogen and oxygen atoms in total. The summed E-state index contributed by atoms with van der Waals surface area (Å²) in [4.78, 5) is 11.6. The van der Waals surface area contributed by atoms with E-state index in [1.807, 2.05) is 0 Å². The minimum atomic E-state index is -3.67. The summed E-state index contributed by atoms with van der Waals surface area (Å²) in [7, 11) is -3.67. The first-order valence-corrected chi connectivity index (χ1v) is 7.29. The molecule has 0 aliphatic heterocycles. The van der Waals surface area contributed by atoms with Gasteiger partial charge in [0.1, 0.15) is 5.78 Å². The van der Waals surface area contributed by atoms with Crippen LogP contribution >= 0.6 is 0 Å². The van der Waals surface area contributed by atoms with E-state index >= 15 is 0 Å². The SMILES string of the molecule is CC12CCC(CC1=O)C2(C)C.CS(=O)(=O)O. The van der Waals surface area contributed by atoms with Crippen LogP contribution in [0.1, 0.15) is 40.0 Å². The lowest BCUT2D eigenvalue weighted by Gasteiger charge is -2.32. The first-order chi connectivity index (χ1) is 6.98. The van der Waals surface area contributed by atoms with Crippen molar-refractivity contribution < 1.29 is 17.8 Å². The van der Waals surface area contributed by atoms with E-state index in [0.29, 0.717) is 18.0 Å². The van der Waals surface area contributed by atoms with Crippen molar-refractivity contribution in [2.75, 3.05) is 6.26 Å². The molecule has 2 aliphatic rings. The predicted molar refractivity (Wildman–Crippen MR) is 61.7 cm³/mol. The normalized spacial score (nSPS) is 35.8. The van der Waals surface area contributed by atoms with Gasteiger partial charge in [-0.25, -0.2) is 0 Å². The molecule has 2 unspecified atom stereocenters. The molecule has 0 aromatic heterocycles. The molecular weight excluding hydrogens is 228 g/mol. The van der Waals surface area contributed by atoms with Crippen LogP contribution in [-0.2, 0) is 14.9 Å². The van der Waals surface area contributed by atoms with Crippen LogP contribution in [0.3, 0.4) is 0 Å². The molecule has 1 N–H and O–H groups in total. The molecule has 0 aromatic carbocycles. The molecule has 0 spiro atoms. The van der Waals surface area contributed by atoms with Gasteiger partial charge in [-0.3, -0.25) is 9.35 Å². The zero-order chi connectivity index (χ0) is 12.8. The molecule has 0 saturated heterocycles. The van der Waals surface area contributed by atoms with Crippen molar-refractivity contribution in [3.63, 3.8) is 0 Å². The highest BCUT2D eigenvalue weighted by Crippen LogP contribution is 2.63. The van der Waals surface area contributed by atoms with Crippen molar-refractivity contribution in [3.8, 4) is 0 Å². The van der Waals surface area contributed by atoms with E-state index in [-0.39, 0.29) is 10.8 Å². The molecule has 2 saturated carbocycles. The van der Waals surface area contributed by atoms with Gasteiger partial charge in [-0.1, -0.05) is 20.8 Å². The number of hydrogen-bond acceptors (Lipinski definition) is 3. The monoisotopic (exact) mass is 248 g/mol. The Balaban J connectivity index is 0.000000221. The Labute approximate surface area is 97.2 Å². The Morgan fingerprint density at radius 3 is 1.88 bits per heavy atom. The van der Waals surface area contributed by atoms with Gasteiger partial charge in [0, 0.05) is 11.8 Å². The fourth-order valence-corrected chi connectivity index (χ4v) is 2.90. The molecule has 2 bridgehead atoms. The van der Waals surface area contributed by atoms with Crippen LogP contribution in [0, 0.1) is 16.7 Å². The third-order valence-electron chi connectivity index (χ3n) is 4.48. The summed E-state index contributed by atoms with van der Waals surface area (Å²) in [6, 6.07) is 0. The summed E-state index contributed by atoms with van der Waals surface area (Å²) in [6.07, 6.45) is 3.97. The highest BCUT2D eigenvalue weighted by Gasteiger charge is 2.61. The lowest BCUT2D eigenvalue weighted by molar-refractivity contribution is -0.128. The van der Waals surface area contributed by atoms with Crippen molar-refractivity contribution in [2.24, 2.45) is 16.7 Å². The Hall–Kier alpha value is -0.420. The number of ketones is 1. The van der Waals surface area contributed by atoms with Crippen LogP contribution in [0.5, 0.6) is 0 Å². The zero-order valence-electron chi connectivity index (χ0n) is 10.3. The smallest absolute Gasteiger partial charge is 0.261 e. The fraction of sp³-hybridized carbons (Fsp3) is 0.909. The number of hydrogen-bond donors (Lipinski definition) is 1. The van der Waals surface area contributed by atoms with E-state index in [0.717, 1.165) is 12.8 Å². The Bertz CT molecular complexity index is 388. The minimum Gasteiger partial charge on any atom is -0.299 e. The minimum absolute atomic E-state index is 0.0255. The van der Waals surface area contributed by atoms with Crippen LogP contribution in [0.25, 0.3) is 0 Å². The number of carbonyl (C=O) groups excluding carboxylic acids is 1. The first-order valence-electron chi connectivity index (χ1n) is 5.44. The molecule has 0 amide bonds. The highest BCUT2D eigenvalue weighted by molar-refractivity contribution is 7.85. The molecule has 2 atom stereocenters. The summed E-state index contributed by atoms with van der Waals surface area (Å²) in [5.74, 6) is 1.19. The summed E-state index contributed by atoms with van der Waals surface area (Å²) in [6.45, 7) is 6.67. The molecule has 0 heterocycles. The van der Waals surface area contributed by atoms with E-state index in [1.165, 1.54) is 6.42 Å². The third-order valence-corrected chi connectivity index (χ3v) is 4.48. The largest absolute Gasteiger partial charge is 0.299 e.